The second kappa shape index (κ2) is 6.02. The highest BCUT2D eigenvalue weighted by Gasteiger charge is 2.28. The first-order chi connectivity index (χ1) is 10.7. The summed E-state index contributed by atoms with van der Waals surface area (Å²) in [6, 6.07) is 13.4. The molecule has 4 heteroatoms. The average Bonchev–Trinajstić information content (AvgIpc) is 2.81. The van der Waals surface area contributed by atoms with E-state index in [-0.39, 0.29) is 11.8 Å². The Morgan fingerprint density at radius 1 is 1.00 bits per heavy atom. The Bertz CT molecular complexity index is 737. The predicted octanol–water partition coefficient (Wildman–Crippen LogP) is 2.75. The number of nitrogens with one attached hydrogen (secondary N) is 1. The third-order valence-electron chi connectivity index (χ3n) is 3.74. The van der Waals surface area contributed by atoms with Crippen molar-refractivity contribution >= 4 is 11.8 Å². The van der Waals surface area contributed by atoms with Crippen LogP contribution in [0.2, 0.25) is 0 Å². The maximum Gasteiger partial charge on any atom is 0.259 e. The first-order valence-corrected chi connectivity index (χ1v) is 7.38. The second-order valence-corrected chi connectivity index (χ2v) is 5.20. The summed E-state index contributed by atoms with van der Waals surface area (Å²) in [4.78, 5) is 23.6. The lowest BCUT2D eigenvalue weighted by molar-refractivity contribution is 0.0879. The number of carbonyl (C=O) groups is 2. The fourth-order valence-electron chi connectivity index (χ4n) is 2.74. The van der Waals surface area contributed by atoms with E-state index < -0.39 is 0 Å². The number of hydrogen-bond donors (Lipinski definition) is 1. The molecular weight excluding hydrogens is 278 g/mol. The maximum atomic E-state index is 11.9. The van der Waals surface area contributed by atoms with E-state index in [0.29, 0.717) is 24.2 Å². The summed E-state index contributed by atoms with van der Waals surface area (Å²) in [5.74, 6) is 0.255. The minimum atomic E-state index is -0.305. The highest BCUT2D eigenvalue weighted by molar-refractivity contribution is 6.22. The summed E-state index contributed by atoms with van der Waals surface area (Å²) in [6.07, 6.45) is 1.50. The van der Waals surface area contributed by atoms with Gasteiger partial charge >= 0.3 is 0 Å². The van der Waals surface area contributed by atoms with Crippen LogP contribution in [0.3, 0.4) is 0 Å². The van der Waals surface area contributed by atoms with Gasteiger partial charge in [-0.2, -0.15) is 0 Å². The van der Waals surface area contributed by atoms with Crippen LogP contribution >= 0.6 is 0 Å². The van der Waals surface area contributed by atoms with Crippen LogP contribution in [0.25, 0.3) is 0 Å². The number of rotatable bonds is 5. The molecule has 1 N–H and O–H groups in total. The van der Waals surface area contributed by atoms with Gasteiger partial charge in [-0.15, -0.1) is 0 Å². The van der Waals surface area contributed by atoms with Crippen molar-refractivity contribution in [2.45, 2.75) is 19.8 Å². The Hall–Kier alpha value is -2.62. The molecule has 1 heterocycles. The Kier molecular flexibility index (Phi) is 3.92. The number of benzene rings is 2. The van der Waals surface area contributed by atoms with E-state index in [2.05, 4.69) is 5.32 Å². The normalized spacial score (nSPS) is 13.0. The van der Waals surface area contributed by atoms with Gasteiger partial charge in [0, 0.05) is 0 Å². The number of aryl methyl sites for hydroxylation is 2. The molecule has 1 aliphatic rings. The highest BCUT2D eigenvalue weighted by Crippen LogP contribution is 2.22. The highest BCUT2D eigenvalue weighted by atomic mass is 16.5. The quantitative estimate of drug-likeness (QED) is 0.863. The zero-order valence-corrected chi connectivity index (χ0v) is 12.4. The third kappa shape index (κ3) is 2.72. The van der Waals surface area contributed by atoms with Crippen LogP contribution in [0.4, 0.5) is 0 Å². The van der Waals surface area contributed by atoms with Crippen molar-refractivity contribution in [3.8, 4) is 5.75 Å². The van der Waals surface area contributed by atoms with Crippen LogP contribution in [-0.4, -0.2) is 18.4 Å². The van der Waals surface area contributed by atoms with Gasteiger partial charge in [0.2, 0.25) is 0 Å². The molecule has 112 valence electrons. The summed E-state index contributed by atoms with van der Waals surface area (Å²) in [5.41, 5.74) is 3.05. The van der Waals surface area contributed by atoms with Gasteiger partial charge in [0.1, 0.15) is 5.75 Å². The molecule has 0 saturated carbocycles. The SMILES string of the molecule is CCOc1cccc(CCc2cccc3c2C(=O)NC3=O)c1. The fourth-order valence-corrected chi connectivity index (χ4v) is 2.74. The average molecular weight is 295 g/mol. The minimum Gasteiger partial charge on any atom is -0.494 e. The molecule has 0 atom stereocenters. The van der Waals surface area contributed by atoms with E-state index in [1.165, 1.54) is 0 Å². The van der Waals surface area contributed by atoms with Crippen LogP contribution in [-0.2, 0) is 12.8 Å². The van der Waals surface area contributed by atoms with E-state index in [4.69, 9.17) is 4.74 Å². The van der Waals surface area contributed by atoms with E-state index in [9.17, 15) is 9.59 Å². The van der Waals surface area contributed by atoms with E-state index in [0.717, 1.165) is 23.3 Å². The van der Waals surface area contributed by atoms with Gasteiger partial charge in [0.05, 0.1) is 17.7 Å². The van der Waals surface area contributed by atoms with E-state index in [1.807, 2.05) is 43.3 Å². The summed E-state index contributed by atoms with van der Waals surface area (Å²) < 4.78 is 5.49. The van der Waals surface area contributed by atoms with Crippen molar-refractivity contribution in [3.05, 3.63) is 64.7 Å². The van der Waals surface area contributed by atoms with Crippen molar-refractivity contribution in [1.29, 1.82) is 0 Å². The molecule has 22 heavy (non-hydrogen) atoms. The molecule has 0 spiro atoms. The number of fused-ring (bicyclic) bond motifs is 1. The smallest absolute Gasteiger partial charge is 0.259 e. The third-order valence-corrected chi connectivity index (χ3v) is 3.74. The monoisotopic (exact) mass is 295 g/mol. The molecule has 4 nitrogen and oxygen atoms in total. The Morgan fingerprint density at radius 3 is 2.64 bits per heavy atom. The van der Waals surface area contributed by atoms with Crippen LogP contribution in [0, 0.1) is 0 Å². The fraction of sp³-hybridized carbons (Fsp3) is 0.222. The first-order valence-electron chi connectivity index (χ1n) is 7.38. The topological polar surface area (TPSA) is 55.4 Å². The molecule has 2 amide bonds. The second-order valence-electron chi connectivity index (χ2n) is 5.20. The lowest BCUT2D eigenvalue weighted by atomic mass is 9.97. The molecule has 0 fully saturated rings. The van der Waals surface area contributed by atoms with Crippen molar-refractivity contribution < 1.29 is 14.3 Å². The van der Waals surface area contributed by atoms with Crippen molar-refractivity contribution in [2.75, 3.05) is 6.61 Å². The molecule has 2 aromatic rings. The van der Waals surface area contributed by atoms with Gasteiger partial charge in [-0.25, -0.2) is 0 Å². The number of amides is 2. The van der Waals surface area contributed by atoms with E-state index in [1.54, 1.807) is 6.07 Å². The molecule has 0 aromatic heterocycles. The standard InChI is InChI=1S/C18H17NO3/c1-2-22-14-7-3-5-12(11-14)9-10-13-6-4-8-15-16(13)18(21)19-17(15)20/h3-8,11H,2,9-10H2,1H3,(H,19,20,21). The van der Waals surface area contributed by atoms with Crippen molar-refractivity contribution in [2.24, 2.45) is 0 Å². The first kappa shape index (κ1) is 14.3. The molecule has 0 bridgehead atoms. The van der Waals surface area contributed by atoms with Crippen molar-refractivity contribution in [3.63, 3.8) is 0 Å². The molecule has 2 aromatic carbocycles. The summed E-state index contributed by atoms with van der Waals surface area (Å²) in [6.45, 7) is 2.59. The van der Waals surface area contributed by atoms with Crippen LogP contribution in [0.15, 0.2) is 42.5 Å². The molecule has 3 rings (SSSR count). The number of carbonyl (C=O) groups excluding carboxylic acids is 2. The Labute approximate surface area is 129 Å². The van der Waals surface area contributed by atoms with Gasteiger partial charge in [-0.05, 0) is 49.1 Å². The molecule has 0 unspecified atom stereocenters. The van der Waals surface area contributed by atoms with Crippen molar-refractivity contribution in [1.82, 2.24) is 5.32 Å². The van der Waals surface area contributed by atoms with Gasteiger partial charge in [-0.3, -0.25) is 14.9 Å². The van der Waals surface area contributed by atoms with Gasteiger partial charge in [-0.1, -0.05) is 24.3 Å². The summed E-state index contributed by atoms with van der Waals surface area (Å²) in [5, 5.41) is 2.35. The maximum absolute atomic E-state index is 11.9. The molecule has 0 aliphatic carbocycles. The number of ether oxygens (including phenoxy) is 1. The zero-order chi connectivity index (χ0) is 15.5. The van der Waals surface area contributed by atoms with Gasteiger partial charge in [0.25, 0.3) is 11.8 Å². The Morgan fingerprint density at radius 2 is 1.82 bits per heavy atom. The molecule has 1 aliphatic heterocycles. The van der Waals surface area contributed by atoms with Gasteiger partial charge < -0.3 is 4.74 Å². The lowest BCUT2D eigenvalue weighted by Gasteiger charge is -2.08. The molecular formula is C18H17NO3. The van der Waals surface area contributed by atoms with E-state index >= 15 is 0 Å². The lowest BCUT2D eigenvalue weighted by Crippen LogP contribution is -2.20. The molecule has 0 saturated heterocycles. The Balaban J connectivity index is 1.79. The van der Waals surface area contributed by atoms with Gasteiger partial charge in [0.15, 0.2) is 0 Å². The zero-order valence-electron chi connectivity index (χ0n) is 12.4. The largest absolute Gasteiger partial charge is 0.494 e. The number of hydrogen-bond acceptors (Lipinski definition) is 3. The van der Waals surface area contributed by atoms with Crippen LogP contribution in [0.1, 0.15) is 38.8 Å². The minimum absolute atomic E-state index is 0.293. The van der Waals surface area contributed by atoms with Crippen LogP contribution in [0.5, 0.6) is 5.75 Å². The predicted molar refractivity (Wildman–Crippen MR) is 83.3 cm³/mol. The summed E-state index contributed by atoms with van der Waals surface area (Å²) in [7, 11) is 0. The number of imide groups is 1. The summed E-state index contributed by atoms with van der Waals surface area (Å²) >= 11 is 0. The van der Waals surface area contributed by atoms with Crippen LogP contribution < -0.4 is 10.1 Å². The molecule has 0 radical (unpaired) electrons.